The van der Waals surface area contributed by atoms with Gasteiger partial charge >= 0.3 is 0 Å². The van der Waals surface area contributed by atoms with E-state index in [1.807, 2.05) is 0 Å². The smallest absolute Gasteiger partial charge is 0.270 e. The summed E-state index contributed by atoms with van der Waals surface area (Å²) < 4.78 is 0. The molecule has 0 radical (unpaired) electrons. The van der Waals surface area contributed by atoms with Crippen molar-refractivity contribution in [2.24, 2.45) is 11.5 Å². The highest BCUT2D eigenvalue weighted by atomic mass is 16.2. The fraction of sp³-hybridized carbons (Fsp3) is 0.429. The zero-order chi connectivity index (χ0) is 11.1. The quantitative estimate of drug-likeness (QED) is 0.306. The van der Waals surface area contributed by atoms with E-state index in [-0.39, 0.29) is 18.1 Å². The lowest BCUT2D eigenvalue weighted by Gasteiger charge is -2.11. The minimum atomic E-state index is -0.574. The molecule has 0 aromatic rings. The summed E-state index contributed by atoms with van der Waals surface area (Å²) in [6, 6.07) is 0. The molecule has 0 aliphatic heterocycles. The molecule has 80 valence electrons. The third kappa shape index (κ3) is 3.65. The van der Waals surface area contributed by atoms with Gasteiger partial charge in [0.2, 0.25) is 5.91 Å². The zero-order valence-electron chi connectivity index (χ0n) is 8.18. The molecule has 14 heavy (non-hydrogen) atoms. The molecule has 7 heteroatoms. The number of hydrogen-bond donors (Lipinski definition) is 5. The van der Waals surface area contributed by atoms with Crippen LogP contribution in [0.4, 0.5) is 0 Å². The number of carbonyl (C=O) groups is 2. The molecule has 0 unspecified atom stereocenters. The predicted octanol–water partition coefficient (Wildman–Crippen LogP) is -2.85. The van der Waals surface area contributed by atoms with Gasteiger partial charge in [0.1, 0.15) is 11.5 Å². The van der Waals surface area contributed by atoms with Gasteiger partial charge in [-0.2, -0.15) is 0 Å². The highest BCUT2D eigenvalue weighted by Gasteiger charge is 2.11. The van der Waals surface area contributed by atoms with Gasteiger partial charge in [-0.05, 0) is 0 Å². The maximum atomic E-state index is 11.2. The Morgan fingerprint density at radius 1 is 1.14 bits per heavy atom. The third-order valence-corrected chi connectivity index (χ3v) is 1.43. The van der Waals surface area contributed by atoms with Crippen LogP contribution in [0.15, 0.2) is 11.5 Å². The van der Waals surface area contributed by atoms with E-state index in [1.165, 1.54) is 7.05 Å². The number of nitrogens with one attached hydrogen (secondary N) is 3. The number of rotatable bonds is 5. The molecule has 0 rings (SSSR count). The van der Waals surface area contributed by atoms with E-state index >= 15 is 0 Å². The van der Waals surface area contributed by atoms with Gasteiger partial charge in [-0.15, -0.1) is 0 Å². The topological polar surface area (TPSA) is 122 Å². The summed E-state index contributed by atoms with van der Waals surface area (Å²) in [5.41, 5.74) is 10.5. The summed E-state index contributed by atoms with van der Waals surface area (Å²) in [5, 5.41) is 7.48. The van der Waals surface area contributed by atoms with Gasteiger partial charge in [0.25, 0.3) is 5.91 Å². The van der Waals surface area contributed by atoms with Crippen LogP contribution >= 0.6 is 0 Å². The van der Waals surface area contributed by atoms with Crippen molar-refractivity contribution >= 4 is 11.8 Å². The van der Waals surface area contributed by atoms with Crippen LogP contribution in [0.5, 0.6) is 0 Å². The summed E-state index contributed by atoms with van der Waals surface area (Å²) in [4.78, 5) is 21.7. The second-order valence-corrected chi connectivity index (χ2v) is 2.44. The van der Waals surface area contributed by atoms with Crippen LogP contribution in [0, 0.1) is 0 Å². The van der Waals surface area contributed by atoms with Gasteiger partial charge in [-0.1, -0.05) is 0 Å². The first kappa shape index (κ1) is 12.1. The maximum absolute atomic E-state index is 11.2. The van der Waals surface area contributed by atoms with E-state index in [0.717, 1.165) is 0 Å². The fourth-order valence-corrected chi connectivity index (χ4v) is 0.723. The first-order chi connectivity index (χ1) is 6.52. The highest BCUT2D eigenvalue weighted by Crippen LogP contribution is 1.90. The molecule has 0 aliphatic carbocycles. The summed E-state index contributed by atoms with van der Waals surface area (Å²) in [6.45, 7) is -0.148. The molecule has 0 bridgehead atoms. The number of likely N-dealkylation sites (N-methyl/N-ethyl adjacent to an activating group) is 1. The molecule has 0 spiro atoms. The Hall–Kier alpha value is -1.92. The molecular formula is C7H15N5O2. The van der Waals surface area contributed by atoms with Crippen LogP contribution < -0.4 is 27.4 Å². The van der Waals surface area contributed by atoms with E-state index < -0.39 is 11.8 Å². The molecule has 0 fully saturated rings. The largest absolute Gasteiger partial charge is 0.384 e. The summed E-state index contributed by atoms with van der Waals surface area (Å²) in [7, 11) is 3.02. The lowest BCUT2D eigenvalue weighted by Crippen LogP contribution is -2.38. The molecule has 0 aromatic carbocycles. The molecule has 0 saturated carbocycles. The minimum Gasteiger partial charge on any atom is -0.384 e. The van der Waals surface area contributed by atoms with Crippen molar-refractivity contribution in [1.82, 2.24) is 16.0 Å². The lowest BCUT2D eigenvalue weighted by molar-refractivity contribution is -0.118. The lowest BCUT2D eigenvalue weighted by atomic mass is 10.3. The summed E-state index contributed by atoms with van der Waals surface area (Å²) in [5.74, 6) is -0.848. The van der Waals surface area contributed by atoms with Crippen LogP contribution in [0.2, 0.25) is 0 Å². The number of hydrogen-bond acceptors (Lipinski definition) is 5. The highest BCUT2D eigenvalue weighted by molar-refractivity contribution is 5.93. The zero-order valence-corrected chi connectivity index (χ0v) is 8.18. The standard InChI is InChI=1S/C7H15N5O2/c1-10-6(9)5(7(14)11-2)12-3-4(8)13/h10,12H,3,9H2,1-2H3,(H2,8,13)(H,11,14)/b6-5+. The molecule has 2 amide bonds. The van der Waals surface area contributed by atoms with Gasteiger partial charge in [-0.25, -0.2) is 0 Å². The van der Waals surface area contributed by atoms with Crippen molar-refractivity contribution < 1.29 is 9.59 Å². The van der Waals surface area contributed by atoms with Crippen molar-refractivity contribution in [2.75, 3.05) is 20.6 Å². The molecule has 0 heterocycles. The Morgan fingerprint density at radius 2 is 1.71 bits per heavy atom. The molecule has 0 aliphatic rings. The Bertz CT molecular complexity index is 261. The van der Waals surface area contributed by atoms with Gasteiger partial charge in [-0.3, -0.25) is 9.59 Å². The van der Waals surface area contributed by atoms with E-state index in [9.17, 15) is 9.59 Å². The van der Waals surface area contributed by atoms with Crippen LogP contribution in [0.25, 0.3) is 0 Å². The Kier molecular flexibility index (Phi) is 4.90. The first-order valence-corrected chi connectivity index (χ1v) is 3.94. The Balaban J connectivity index is 4.57. The number of primary amides is 1. The molecule has 0 saturated heterocycles. The Labute approximate surface area is 81.9 Å². The maximum Gasteiger partial charge on any atom is 0.270 e. The van der Waals surface area contributed by atoms with Crippen molar-refractivity contribution in [3.05, 3.63) is 11.5 Å². The predicted molar refractivity (Wildman–Crippen MR) is 51.5 cm³/mol. The van der Waals surface area contributed by atoms with Crippen molar-refractivity contribution in [2.45, 2.75) is 0 Å². The molecule has 7 N–H and O–H groups in total. The first-order valence-electron chi connectivity index (χ1n) is 3.94. The van der Waals surface area contributed by atoms with Gasteiger partial charge in [0.05, 0.1) is 6.54 Å². The van der Waals surface area contributed by atoms with Crippen LogP contribution in [0.3, 0.4) is 0 Å². The minimum absolute atomic E-state index is 0.0915. The molecule has 0 aromatic heterocycles. The summed E-state index contributed by atoms with van der Waals surface area (Å²) in [6.07, 6.45) is 0. The van der Waals surface area contributed by atoms with Gasteiger partial charge in [0.15, 0.2) is 0 Å². The van der Waals surface area contributed by atoms with Crippen LogP contribution in [-0.4, -0.2) is 32.5 Å². The number of amides is 2. The average Bonchev–Trinajstić information content (AvgIpc) is 2.16. The number of carbonyl (C=O) groups excluding carboxylic acids is 2. The van der Waals surface area contributed by atoms with Crippen LogP contribution in [-0.2, 0) is 9.59 Å². The van der Waals surface area contributed by atoms with Gasteiger partial charge in [0, 0.05) is 14.1 Å². The van der Waals surface area contributed by atoms with Crippen molar-refractivity contribution in [1.29, 1.82) is 0 Å². The van der Waals surface area contributed by atoms with E-state index in [2.05, 4.69) is 16.0 Å². The van der Waals surface area contributed by atoms with Crippen LogP contribution in [0.1, 0.15) is 0 Å². The summed E-state index contributed by atoms with van der Waals surface area (Å²) >= 11 is 0. The van der Waals surface area contributed by atoms with E-state index in [0.29, 0.717) is 0 Å². The third-order valence-electron chi connectivity index (χ3n) is 1.43. The van der Waals surface area contributed by atoms with Gasteiger partial charge < -0.3 is 27.4 Å². The SMILES string of the molecule is CNC(=O)/C(NCC(N)=O)=C(/N)NC. The molecule has 0 atom stereocenters. The Morgan fingerprint density at radius 3 is 2.07 bits per heavy atom. The number of nitrogens with two attached hydrogens (primary N) is 2. The molecular weight excluding hydrogens is 186 g/mol. The van der Waals surface area contributed by atoms with Crippen molar-refractivity contribution in [3.8, 4) is 0 Å². The van der Waals surface area contributed by atoms with Crippen molar-refractivity contribution in [3.63, 3.8) is 0 Å². The van der Waals surface area contributed by atoms with E-state index in [1.54, 1.807) is 7.05 Å². The monoisotopic (exact) mass is 201 g/mol. The van der Waals surface area contributed by atoms with E-state index in [4.69, 9.17) is 11.5 Å². The second kappa shape index (κ2) is 5.68. The second-order valence-electron chi connectivity index (χ2n) is 2.44. The normalized spacial score (nSPS) is 11.3. The average molecular weight is 201 g/mol. The fourth-order valence-electron chi connectivity index (χ4n) is 0.723. The molecule has 7 nitrogen and oxygen atoms in total.